The Bertz CT molecular complexity index is 1300. The molecule has 1 saturated carbocycles. The largest absolute Gasteiger partial charge is 0.573 e. The van der Waals surface area contributed by atoms with Gasteiger partial charge in [0.25, 0.3) is 11.8 Å². The molecule has 3 aromatic rings. The highest BCUT2D eigenvalue weighted by Gasteiger charge is 2.31. The van der Waals surface area contributed by atoms with Crippen molar-refractivity contribution >= 4 is 39.2 Å². The van der Waals surface area contributed by atoms with Gasteiger partial charge in [-0.05, 0) is 79.6 Å². The number of alkyl halides is 3. The average molecular weight is 551 g/mol. The van der Waals surface area contributed by atoms with E-state index in [9.17, 15) is 27.6 Å². The number of thiophene rings is 1. The first-order chi connectivity index (χ1) is 18.1. The van der Waals surface area contributed by atoms with E-state index in [1.54, 1.807) is 24.3 Å². The number of fused-ring (bicyclic) bond motifs is 1. The molecule has 1 aromatic heterocycles. The van der Waals surface area contributed by atoms with Crippen LogP contribution in [0.25, 0.3) is 10.1 Å². The molecule has 0 spiro atoms. The fourth-order valence-corrected chi connectivity index (χ4v) is 5.14. The summed E-state index contributed by atoms with van der Waals surface area (Å²) in [5.74, 6) is -1.57. The van der Waals surface area contributed by atoms with Gasteiger partial charge in [0.05, 0.1) is 16.9 Å². The van der Waals surface area contributed by atoms with Gasteiger partial charge in [0.2, 0.25) is 0 Å². The monoisotopic (exact) mass is 550 g/mol. The van der Waals surface area contributed by atoms with Crippen molar-refractivity contribution in [2.45, 2.75) is 38.1 Å². The van der Waals surface area contributed by atoms with Crippen LogP contribution in [0, 0.1) is 5.92 Å². The Morgan fingerprint density at radius 3 is 2.16 bits per heavy atom. The van der Waals surface area contributed by atoms with Crippen LogP contribution in [0.1, 0.15) is 45.7 Å². The molecule has 0 radical (unpaired) electrons. The van der Waals surface area contributed by atoms with Crippen molar-refractivity contribution in [1.82, 2.24) is 10.6 Å². The molecule has 0 saturated heterocycles. The molecule has 1 aliphatic rings. The first-order valence-electron chi connectivity index (χ1n) is 11.9. The van der Waals surface area contributed by atoms with Crippen LogP contribution in [0.2, 0.25) is 0 Å². The second-order valence-electron chi connectivity index (χ2n) is 8.82. The van der Waals surface area contributed by atoms with E-state index in [4.69, 9.17) is 9.84 Å². The van der Waals surface area contributed by atoms with Gasteiger partial charge < -0.3 is 25.2 Å². The van der Waals surface area contributed by atoms with Crippen LogP contribution in [0.15, 0.2) is 48.5 Å². The molecule has 0 atom stereocenters. The van der Waals surface area contributed by atoms with Crippen molar-refractivity contribution in [1.29, 1.82) is 0 Å². The lowest BCUT2D eigenvalue weighted by Gasteiger charge is -2.26. The lowest BCUT2D eigenvalue weighted by Crippen LogP contribution is -2.34. The molecule has 1 aliphatic carbocycles. The SMILES string of the molecule is O=C(NCCNC(=O)c1cc2cc(OC(F)(F)F)ccc2s1)c1ccc(OC2CCC(C(=O)O)CC2)cc1. The average Bonchev–Trinajstić information content (AvgIpc) is 3.30. The molecule has 0 unspecified atom stereocenters. The van der Waals surface area contributed by atoms with E-state index in [1.165, 1.54) is 24.3 Å². The molecule has 0 bridgehead atoms. The van der Waals surface area contributed by atoms with Crippen molar-refractivity contribution < 1.29 is 42.1 Å². The molecule has 2 amide bonds. The van der Waals surface area contributed by atoms with E-state index in [0.717, 1.165) is 11.3 Å². The zero-order valence-corrected chi connectivity index (χ0v) is 20.9. The van der Waals surface area contributed by atoms with Crippen LogP contribution < -0.4 is 20.1 Å². The first-order valence-corrected chi connectivity index (χ1v) is 12.7. The highest BCUT2D eigenvalue weighted by Crippen LogP contribution is 2.31. The standard InChI is InChI=1S/C26H25F3N2O6S/c27-26(28,29)37-20-9-10-21-17(13-20)14-22(38-21)24(33)31-12-11-30-23(32)15-1-5-18(6-2-15)36-19-7-3-16(4-8-19)25(34)35/h1-2,5-6,9-10,13-14,16,19H,3-4,7-8,11-12H2,(H,30,32)(H,31,33)(H,34,35). The lowest BCUT2D eigenvalue weighted by atomic mass is 9.87. The maximum absolute atomic E-state index is 12.4. The number of hydrogen-bond donors (Lipinski definition) is 3. The quantitative estimate of drug-likeness (QED) is 0.324. The molecule has 12 heteroatoms. The summed E-state index contributed by atoms with van der Waals surface area (Å²) in [5.41, 5.74) is 0.416. The number of nitrogens with one attached hydrogen (secondary N) is 2. The Labute approximate surface area is 219 Å². The van der Waals surface area contributed by atoms with Crippen LogP contribution in [0.3, 0.4) is 0 Å². The minimum absolute atomic E-state index is 0.0508. The Kier molecular flexibility index (Phi) is 8.40. The number of amides is 2. The molecule has 3 N–H and O–H groups in total. The summed E-state index contributed by atoms with van der Waals surface area (Å²) in [7, 11) is 0. The number of benzene rings is 2. The van der Waals surface area contributed by atoms with Crippen LogP contribution >= 0.6 is 11.3 Å². The van der Waals surface area contributed by atoms with Crippen molar-refractivity contribution in [2.24, 2.45) is 5.92 Å². The van der Waals surface area contributed by atoms with E-state index in [2.05, 4.69) is 15.4 Å². The number of aliphatic carboxylic acids is 1. The Balaban J connectivity index is 1.20. The molecule has 202 valence electrons. The molecule has 4 rings (SSSR count). The van der Waals surface area contributed by atoms with Gasteiger partial charge in [0.15, 0.2) is 0 Å². The normalized spacial score (nSPS) is 17.6. The Morgan fingerprint density at radius 2 is 1.53 bits per heavy atom. The smallest absolute Gasteiger partial charge is 0.490 e. The summed E-state index contributed by atoms with van der Waals surface area (Å²) < 4.78 is 47.7. The molecular weight excluding hydrogens is 525 g/mol. The Morgan fingerprint density at radius 1 is 0.895 bits per heavy atom. The summed E-state index contributed by atoms with van der Waals surface area (Å²) >= 11 is 1.13. The summed E-state index contributed by atoms with van der Waals surface area (Å²) in [5, 5.41) is 14.9. The van der Waals surface area contributed by atoms with Gasteiger partial charge in [-0.3, -0.25) is 14.4 Å². The summed E-state index contributed by atoms with van der Waals surface area (Å²) in [4.78, 5) is 36.2. The molecule has 2 aromatic carbocycles. The number of carbonyl (C=O) groups is 3. The van der Waals surface area contributed by atoms with Crippen LogP contribution in [0.5, 0.6) is 11.5 Å². The second-order valence-corrected chi connectivity index (χ2v) is 9.91. The first kappa shape index (κ1) is 27.2. The number of carboxylic acids is 1. The third kappa shape index (κ3) is 7.37. The summed E-state index contributed by atoms with van der Waals surface area (Å²) in [6, 6.07) is 12.0. The highest BCUT2D eigenvalue weighted by atomic mass is 32.1. The third-order valence-corrected chi connectivity index (χ3v) is 7.20. The van der Waals surface area contributed by atoms with Gasteiger partial charge in [-0.2, -0.15) is 0 Å². The van der Waals surface area contributed by atoms with Gasteiger partial charge in [0.1, 0.15) is 11.5 Å². The van der Waals surface area contributed by atoms with Gasteiger partial charge in [-0.1, -0.05) is 0 Å². The van der Waals surface area contributed by atoms with Crippen LogP contribution in [0.4, 0.5) is 13.2 Å². The number of ether oxygens (including phenoxy) is 2. The molecule has 8 nitrogen and oxygen atoms in total. The minimum atomic E-state index is -4.80. The molecule has 38 heavy (non-hydrogen) atoms. The second kappa shape index (κ2) is 11.7. The highest BCUT2D eigenvalue weighted by molar-refractivity contribution is 7.20. The molecular formula is C26H25F3N2O6S. The maximum atomic E-state index is 12.4. The van der Waals surface area contributed by atoms with Crippen LogP contribution in [-0.4, -0.2) is 48.4 Å². The summed E-state index contributed by atoms with van der Waals surface area (Å²) in [6.45, 7) is 0.325. The fourth-order valence-electron chi connectivity index (χ4n) is 4.18. The van der Waals surface area contributed by atoms with Crippen molar-refractivity contribution in [3.63, 3.8) is 0 Å². The predicted molar refractivity (Wildman–Crippen MR) is 134 cm³/mol. The van der Waals surface area contributed by atoms with Crippen molar-refractivity contribution in [3.8, 4) is 11.5 Å². The van der Waals surface area contributed by atoms with Gasteiger partial charge >= 0.3 is 12.3 Å². The molecule has 1 heterocycles. The predicted octanol–water partition coefficient (Wildman–Crippen LogP) is 4.98. The van der Waals surface area contributed by atoms with Crippen LogP contribution in [-0.2, 0) is 4.79 Å². The Hall–Kier alpha value is -3.80. The maximum Gasteiger partial charge on any atom is 0.573 e. The van der Waals surface area contributed by atoms with Gasteiger partial charge in [-0.15, -0.1) is 24.5 Å². The summed E-state index contributed by atoms with van der Waals surface area (Å²) in [6.07, 6.45) is -2.35. The van der Waals surface area contributed by atoms with E-state index in [1.807, 2.05) is 0 Å². The number of carbonyl (C=O) groups excluding carboxylic acids is 2. The van der Waals surface area contributed by atoms with E-state index < -0.39 is 18.2 Å². The van der Waals surface area contributed by atoms with Crippen molar-refractivity contribution in [2.75, 3.05) is 13.1 Å². The lowest BCUT2D eigenvalue weighted by molar-refractivity contribution is -0.274. The molecule has 0 aliphatic heterocycles. The third-order valence-electron chi connectivity index (χ3n) is 6.08. The van der Waals surface area contributed by atoms with E-state index >= 15 is 0 Å². The number of carboxylic acid groups (broad SMARTS) is 1. The van der Waals surface area contributed by atoms with E-state index in [0.29, 0.717) is 52.0 Å². The minimum Gasteiger partial charge on any atom is -0.490 e. The number of hydrogen-bond acceptors (Lipinski definition) is 6. The number of rotatable bonds is 9. The van der Waals surface area contributed by atoms with Gasteiger partial charge in [-0.25, -0.2) is 0 Å². The topological polar surface area (TPSA) is 114 Å². The van der Waals surface area contributed by atoms with Crippen molar-refractivity contribution in [3.05, 3.63) is 59.0 Å². The fraction of sp³-hybridized carbons (Fsp3) is 0.346. The zero-order chi connectivity index (χ0) is 27.3. The zero-order valence-electron chi connectivity index (χ0n) is 20.0. The molecule has 1 fully saturated rings. The van der Waals surface area contributed by atoms with E-state index in [-0.39, 0.29) is 36.8 Å². The van der Waals surface area contributed by atoms with Gasteiger partial charge in [0, 0.05) is 23.4 Å². The number of halogens is 3.